The fraction of sp³-hybridized carbons (Fsp3) is 0.818. The minimum atomic E-state index is -0.233. The summed E-state index contributed by atoms with van der Waals surface area (Å²) in [6.07, 6.45) is 1.14. The third-order valence-corrected chi connectivity index (χ3v) is 2.84. The number of hydrogen-bond donors (Lipinski definition) is 0. The quantitative estimate of drug-likeness (QED) is 0.722. The van der Waals surface area contributed by atoms with E-state index < -0.39 is 0 Å². The van der Waals surface area contributed by atoms with E-state index in [0.29, 0.717) is 17.8 Å². The Labute approximate surface area is 102 Å². The molecule has 0 saturated heterocycles. The zero-order valence-corrected chi connectivity index (χ0v) is 11.2. The molecule has 4 nitrogen and oxygen atoms in total. The first-order valence-corrected chi connectivity index (χ1v) is 6.24. The summed E-state index contributed by atoms with van der Waals surface area (Å²) >= 11 is 5.88. The first-order valence-electron chi connectivity index (χ1n) is 5.80. The van der Waals surface area contributed by atoms with E-state index in [0.717, 1.165) is 19.5 Å². The lowest BCUT2D eigenvalue weighted by molar-refractivity contribution is 0.462. The average molecular weight is 246 g/mol. The highest BCUT2D eigenvalue weighted by Gasteiger charge is 2.17. The monoisotopic (exact) mass is 245 g/mol. The largest absolute Gasteiger partial charge is 0.406 e. The second-order valence-electron chi connectivity index (χ2n) is 4.09. The predicted molar refractivity (Wildman–Crippen MR) is 65.9 cm³/mol. The van der Waals surface area contributed by atoms with Crippen molar-refractivity contribution in [3.8, 4) is 0 Å². The third kappa shape index (κ3) is 3.37. The van der Waals surface area contributed by atoms with E-state index in [9.17, 15) is 0 Å². The van der Waals surface area contributed by atoms with Crippen LogP contribution in [-0.2, 0) is 0 Å². The van der Waals surface area contributed by atoms with E-state index in [-0.39, 0.29) is 5.38 Å². The molecule has 5 heteroatoms. The molecule has 0 amide bonds. The highest BCUT2D eigenvalue weighted by Crippen LogP contribution is 2.22. The predicted octanol–water partition coefficient (Wildman–Crippen LogP) is 3.24. The van der Waals surface area contributed by atoms with Gasteiger partial charge in [0.25, 0.3) is 0 Å². The molecular formula is C11H20ClN3O. The molecule has 0 N–H and O–H groups in total. The Kier molecular flexibility index (Phi) is 5.06. The van der Waals surface area contributed by atoms with E-state index in [2.05, 4.69) is 35.9 Å². The fourth-order valence-corrected chi connectivity index (χ4v) is 1.45. The summed E-state index contributed by atoms with van der Waals surface area (Å²) in [4.78, 5) is 2.09. The van der Waals surface area contributed by atoms with Gasteiger partial charge in [0, 0.05) is 13.1 Å². The number of alkyl halides is 1. The van der Waals surface area contributed by atoms with Gasteiger partial charge in [0.2, 0.25) is 5.89 Å². The molecule has 0 aliphatic rings. The summed E-state index contributed by atoms with van der Waals surface area (Å²) in [5.41, 5.74) is 0. The van der Waals surface area contributed by atoms with Crippen molar-refractivity contribution >= 4 is 17.6 Å². The summed E-state index contributed by atoms with van der Waals surface area (Å²) in [6, 6.07) is 0.574. The molecule has 1 rings (SSSR count). The van der Waals surface area contributed by atoms with Gasteiger partial charge in [0.15, 0.2) is 0 Å². The van der Waals surface area contributed by atoms with Gasteiger partial charge in [-0.3, -0.25) is 0 Å². The molecule has 0 radical (unpaired) electrons. The van der Waals surface area contributed by atoms with Crippen LogP contribution < -0.4 is 4.90 Å². The zero-order valence-electron chi connectivity index (χ0n) is 10.4. The molecule has 0 aliphatic heterocycles. The molecule has 2 atom stereocenters. The van der Waals surface area contributed by atoms with Crippen LogP contribution >= 0.6 is 11.6 Å². The van der Waals surface area contributed by atoms with E-state index in [1.165, 1.54) is 0 Å². The lowest BCUT2D eigenvalue weighted by atomic mass is 10.1. The van der Waals surface area contributed by atoms with E-state index in [4.69, 9.17) is 16.0 Å². The van der Waals surface area contributed by atoms with Crippen molar-refractivity contribution in [2.75, 3.05) is 18.0 Å². The molecule has 0 aliphatic carbocycles. The maximum atomic E-state index is 5.88. The summed E-state index contributed by atoms with van der Waals surface area (Å²) in [7, 11) is 0. The van der Waals surface area contributed by atoms with Crippen molar-refractivity contribution in [3.63, 3.8) is 0 Å². The van der Waals surface area contributed by atoms with Gasteiger partial charge in [-0.15, -0.1) is 16.7 Å². The number of nitrogens with zero attached hydrogens (tertiary/aromatic N) is 3. The van der Waals surface area contributed by atoms with Crippen LogP contribution in [0.25, 0.3) is 0 Å². The summed E-state index contributed by atoms with van der Waals surface area (Å²) in [5.74, 6) is 1.10. The molecule has 0 fully saturated rings. The van der Waals surface area contributed by atoms with Gasteiger partial charge in [0.05, 0.1) is 0 Å². The van der Waals surface area contributed by atoms with Crippen molar-refractivity contribution in [1.29, 1.82) is 0 Å². The van der Waals surface area contributed by atoms with E-state index in [1.54, 1.807) is 0 Å². The van der Waals surface area contributed by atoms with E-state index in [1.807, 2.05) is 6.92 Å². The lowest BCUT2D eigenvalue weighted by Crippen LogP contribution is -2.28. The highest BCUT2D eigenvalue weighted by atomic mass is 35.5. The summed E-state index contributed by atoms with van der Waals surface area (Å²) in [5, 5.41) is 7.72. The second kappa shape index (κ2) is 6.09. The number of anilines is 1. The molecule has 92 valence electrons. The summed E-state index contributed by atoms with van der Waals surface area (Å²) in [6.45, 7) is 10.1. The minimum Gasteiger partial charge on any atom is -0.406 e. The highest BCUT2D eigenvalue weighted by molar-refractivity contribution is 6.20. The Morgan fingerprint density at radius 2 is 2.00 bits per heavy atom. The Bertz CT molecular complexity index is 314. The topological polar surface area (TPSA) is 42.2 Å². The molecule has 1 aromatic heterocycles. The molecule has 2 unspecified atom stereocenters. The molecule has 16 heavy (non-hydrogen) atoms. The number of halogens is 1. The first kappa shape index (κ1) is 13.3. The number of aromatic nitrogens is 2. The van der Waals surface area contributed by atoms with Gasteiger partial charge >= 0.3 is 6.01 Å². The summed E-state index contributed by atoms with van der Waals surface area (Å²) < 4.78 is 5.52. The second-order valence-corrected chi connectivity index (χ2v) is 4.75. The lowest BCUT2D eigenvalue weighted by Gasteiger charge is -2.21. The van der Waals surface area contributed by atoms with Gasteiger partial charge in [-0.1, -0.05) is 25.4 Å². The smallest absolute Gasteiger partial charge is 0.318 e. The van der Waals surface area contributed by atoms with Crippen molar-refractivity contribution in [2.45, 2.75) is 39.5 Å². The first-order chi connectivity index (χ1) is 7.58. The maximum absolute atomic E-state index is 5.88. The normalized spacial score (nSPS) is 14.8. The van der Waals surface area contributed by atoms with Gasteiger partial charge in [-0.25, -0.2) is 0 Å². The van der Waals surface area contributed by atoms with Crippen LogP contribution in [0, 0.1) is 5.92 Å². The third-order valence-electron chi connectivity index (χ3n) is 2.65. The average Bonchev–Trinajstić information content (AvgIpc) is 2.74. The minimum absolute atomic E-state index is 0.233. The van der Waals surface area contributed by atoms with Crippen LogP contribution in [0.1, 0.15) is 45.4 Å². The molecule has 0 saturated carbocycles. The van der Waals surface area contributed by atoms with Crippen molar-refractivity contribution < 1.29 is 4.42 Å². The van der Waals surface area contributed by atoms with Crippen molar-refractivity contribution in [3.05, 3.63) is 5.89 Å². The Hall–Kier alpha value is -0.770. The number of hydrogen-bond acceptors (Lipinski definition) is 4. The van der Waals surface area contributed by atoms with E-state index >= 15 is 0 Å². The Balaban J connectivity index is 2.71. The van der Waals surface area contributed by atoms with Crippen molar-refractivity contribution in [1.82, 2.24) is 10.2 Å². The molecule has 0 spiro atoms. The Morgan fingerprint density at radius 3 is 2.44 bits per heavy atom. The number of rotatable bonds is 6. The van der Waals surface area contributed by atoms with Crippen LogP contribution in [0.2, 0.25) is 0 Å². The van der Waals surface area contributed by atoms with Crippen molar-refractivity contribution in [2.24, 2.45) is 5.92 Å². The van der Waals surface area contributed by atoms with Gasteiger partial charge in [-0.05, 0) is 19.8 Å². The SMILES string of the molecule is CCC(C)CN(CC)c1nnc(C(C)Cl)o1. The fourth-order valence-electron chi connectivity index (χ4n) is 1.36. The zero-order chi connectivity index (χ0) is 12.1. The maximum Gasteiger partial charge on any atom is 0.318 e. The van der Waals surface area contributed by atoms with Gasteiger partial charge in [0.1, 0.15) is 5.38 Å². The van der Waals surface area contributed by atoms with Crippen LogP contribution in [0.4, 0.5) is 6.01 Å². The van der Waals surface area contributed by atoms with Crippen LogP contribution in [0.5, 0.6) is 0 Å². The van der Waals surface area contributed by atoms with Crippen LogP contribution in [0.15, 0.2) is 4.42 Å². The van der Waals surface area contributed by atoms with Gasteiger partial charge < -0.3 is 9.32 Å². The molecule has 0 bridgehead atoms. The van der Waals surface area contributed by atoms with Crippen LogP contribution in [0.3, 0.4) is 0 Å². The molecule has 1 heterocycles. The van der Waals surface area contributed by atoms with Gasteiger partial charge in [-0.2, -0.15) is 0 Å². The molecule has 1 aromatic rings. The van der Waals surface area contributed by atoms with Crippen LogP contribution in [-0.4, -0.2) is 23.3 Å². The standard InChI is InChI=1S/C11H20ClN3O/c1-5-8(3)7-15(6-2)11-14-13-10(16-11)9(4)12/h8-9H,5-7H2,1-4H3. The molecular weight excluding hydrogens is 226 g/mol. The molecule has 0 aromatic carbocycles. The Morgan fingerprint density at radius 1 is 1.31 bits per heavy atom.